The van der Waals surface area contributed by atoms with E-state index in [1.165, 1.54) is 18.2 Å². The van der Waals surface area contributed by atoms with Gasteiger partial charge in [-0.1, -0.05) is 17.7 Å². The number of piperidine rings is 1. The Morgan fingerprint density at radius 1 is 1.16 bits per heavy atom. The van der Waals surface area contributed by atoms with E-state index in [0.29, 0.717) is 13.1 Å². The molecule has 0 bridgehead atoms. The maximum absolute atomic E-state index is 14.0. The zero-order valence-electron chi connectivity index (χ0n) is 13.4. The molecular formula is C18H16ClFN4O. The lowest BCUT2D eigenvalue weighted by molar-refractivity contribution is 0.0706. The second-order valence-electron chi connectivity index (χ2n) is 6.18. The Hall–Kier alpha value is -2.47. The van der Waals surface area contributed by atoms with Gasteiger partial charge in [0.05, 0.1) is 5.56 Å². The van der Waals surface area contributed by atoms with Crippen molar-refractivity contribution >= 4 is 23.2 Å². The molecule has 0 radical (unpaired) electrons. The van der Waals surface area contributed by atoms with Crippen LogP contribution in [0, 0.1) is 5.82 Å². The summed E-state index contributed by atoms with van der Waals surface area (Å²) in [5.41, 5.74) is 0.884. The van der Waals surface area contributed by atoms with E-state index in [-0.39, 0.29) is 22.4 Å². The molecular weight excluding hydrogens is 343 g/mol. The Bertz CT molecular complexity index is 934. The Kier molecular flexibility index (Phi) is 4.13. The zero-order chi connectivity index (χ0) is 17.4. The Morgan fingerprint density at radius 2 is 1.96 bits per heavy atom. The minimum atomic E-state index is -0.580. The molecule has 1 amide bonds. The molecule has 1 fully saturated rings. The lowest BCUT2D eigenvalue weighted by Gasteiger charge is -2.31. The molecule has 1 saturated heterocycles. The van der Waals surface area contributed by atoms with Gasteiger partial charge in [0.2, 0.25) is 0 Å². The monoisotopic (exact) mass is 358 g/mol. The SMILES string of the molecule is O=C(c1ccc(Cl)cc1F)N1CCC(c2nnc3ccccn23)CC1. The summed E-state index contributed by atoms with van der Waals surface area (Å²) in [6.07, 6.45) is 3.50. The number of halogens is 2. The van der Waals surface area contributed by atoms with Crippen molar-refractivity contribution in [2.45, 2.75) is 18.8 Å². The van der Waals surface area contributed by atoms with Crippen molar-refractivity contribution in [3.8, 4) is 0 Å². The van der Waals surface area contributed by atoms with E-state index < -0.39 is 5.82 Å². The molecule has 4 rings (SSSR count). The second-order valence-corrected chi connectivity index (χ2v) is 6.61. The number of amides is 1. The standard InChI is InChI=1S/C18H16ClFN4O/c19-13-4-5-14(15(20)11-13)18(25)23-9-6-12(7-10-23)17-22-21-16-3-1-2-8-24(16)17/h1-5,8,11-12H,6-7,9-10H2. The summed E-state index contributed by atoms with van der Waals surface area (Å²) in [4.78, 5) is 14.2. The van der Waals surface area contributed by atoms with E-state index in [1.807, 2.05) is 28.8 Å². The highest BCUT2D eigenvalue weighted by atomic mass is 35.5. The number of carbonyl (C=O) groups excluding carboxylic acids is 1. The van der Waals surface area contributed by atoms with Crippen LogP contribution in [-0.2, 0) is 0 Å². The summed E-state index contributed by atoms with van der Waals surface area (Å²) in [5.74, 6) is 0.277. The molecule has 0 atom stereocenters. The van der Waals surface area contributed by atoms with Crippen molar-refractivity contribution in [2.75, 3.05) is 13.1 Å². The average Bonchev–Trinajstić information content (AvgIpc) is 3.05. The molecule has 1 aliphatic heterocycles. The van der Waals surface area contributed by atoms with Gasteiger partial charge in [-0.25, -0.2) is 4.39 Å². The van der Waals surface area contributed by atoms with Crippen molar-refractivity contribution in [3.63, 3.8) is 0 Å². The molecule has 1 aromatic carbocycles. The average molecular weight is 359 g/mol. The van der Waals surface area contributed by atoms with Gasteiger partial charge in [0.15, 0.2) is 5.65 Å². The number of benzene rings is 1. The molecule has 25 heavy (non-hydrogen) atoms. The number of nitrogens with zero attached hydrogens (tertiary/aromatic N) is 4. The number of likely N-dealkylation sites (tertiary alicyclic amines) is 1. The normalized spacial score (nSPS) is 15.7. The summed E-state index contributed by atoms with van der Waals surface area (Å²) in [7, 11) is 0. The number of carbonyl (C=O) groups is 1. The Morgan fingerprint density at radius 3 is 2.72 bits per heavy atom. The van der Waals surface area contributed by atoms with Crippen LogP contribution in [0.15, 0.2) is 42.6 Å². The minimum Gasteiger partial charge on any atom is -0.339 e. The molecule has 1 aliphatic rings. The summed E-state index contributed by atoms with van der Waals surface area (Å²) >= 11 is 5.75. The molecule has 7 heteroatoms. The van der Waals surface area contributed by atoms with Crippen LogP contribution in [0.3, 0.4) is 0 Å². The summed E-state index contributed by atoms with van der Waals surface area (Å²) in [6.45, 7) is 1.13. The van der Waals surface area contributed by atoms with Gasteiger partial charge in [-0.2, -0.15) is 0 Å². The number of fused-ring (bicyclic) bond motifs is 1. The predicted molar refractivity (Wildman–Crippen MR) is 92.3 cm³/mol. The van der Waals surface area contributed by atoms with E-state index in [9.17, 15) is 9.18 Å². The topological polar surface area (TPSA) is 50.5 Å². The Labute approximate surface area is 149 Å². The minimum absolute atomic E-state index is 0.0655. The van der Waals surface area contributed by atoms with Crippen LogP contribution >= 0.6 is 11.6 Å². The van der Waals surface area contributed by atoms with Crippen LogP contribution < -0.4 is 0 Å². The predicted octanol–water partition coefficient (Wildman–Crippen LogP) is 3.54. The number of aromatic nitrogens is 3. The molecule has 0 saturated carbocycles. The quantitative estimate of drug-likeness (QED) is 0.704. The zero-order valence-corrected chi connectivity index (χ0v) is 14.2. The van der Waals surface area contributed by atoms with Crippen molar-refractivity contribution < 1.29 is 9.18 Å². The van der Waals surface area contributed by atoms with Gasteiger partial charge in [-0.05, 0) is 43.2 Å². The van der Waals surface area contributed by atoms with Gasteiger partial charge >= 0.3 is 0 Å². The molecule has 0 spiro atoms. The summed E-state index contributed by atoms with van der Waals surface area (Å²) in [5, 5.41) is 8.78. The fraction of sp³-hybridized carbons (Fsp3) is 0.278. The van der Waals surface area contributed by atoms with Crippen LogP contribution in [-0.4, -0.2) is 38.5 Å². The van der Waals surface area contributed by atoms with Crippen molar-refractivity contribution in [3.05, 3.63) is 64.8 Å². The number of hydrogen-bond acceptors (Lipinski definition) is 3. The fourth-order valence-corrected chi connectivity index (χ4v) is 3.47. The first-order valence-corrected chi connectivity index (χ1v) is 8.55. The highest BCUT2D eigenvalue weighted by molar-refractivity contribution is 6.30. The van der Waals surface area contributed by atoms with Crippen LogP contribution in [0.25, 0.3) is 5.65 Å². The first-order valence-electron chi connectivity index (χ1n) is 8.17. The van der Waals surface area contributed by atoms with E-state index in [2.05, 4.69) is 10.2 Å². The highest BCUT2D eigenvalue weighted by Gasteiger charge is 2.28. The molecule has 0 N–H and O–H groups in total. The fourth-order valence-electron chi connectivity index (χ4n) is 3.31. The summed E-state index contributed by atoms with van der Waals surface area (Å²) in [6, 6.07) is 9.94. The van der Waals surface area contributed by atoms with Crippen LogP contribution in [0.2, 0.25) is 5.02 Å². The first-order chi connectivity index (χ1) is 12.1. The third kappa shape index (κ3) is 2.98. The van der Waals surface area contributed by atoms with Gasteiger partial charge in [-0.3, -0.25) is 9.20 Å². The smallest absolute Gasteiger partial charge is 0.256 e. The van der Waals surface area contributed by atoms with Crippen LogP contribution in [0.1, 0.15) is 34.9 Å². The van der Waals surface area contributed by atoms with E-state index in [4.69, 9.17) is 11.6 Å². The number of pyridine rings is 1. The third-order valence-corrected chi connectivity index (χ3v) is 4.88. The largest absolute Gasteiger partial charge is 0.339 e. The molecule has 0 aliphatic carbocycles. The third-order valence-electron chi connectivity index (χ3n) is 4.65. The van der Waals surface area contributed by atoms with Crippen LogP contribution in [0.5, 0.6) is 0 Å². The van der Waals surface area contributed by atoms with Gasteiger partial charge in [0, 0.05) is 30.2 Å². The van der Waals surface area contributed by atoms with Gasteiger partial charge in [0.1, 0.15) is 11.6 Å². The highest BCUT2D eigenvalue weighted by Crippen LogP contribution is 2.28. The van der Waals surface area contributed by atoms with Crippen molar-refractivity contribution in [1.29, 1.82) is 0 Å². The van der Waals surface area contributed by atoms with E-state index in [1.54, 1.807) is 4.90 Å². The van der Waals surface area contributed by atoms with Gasteiger partial charge in [0.25, 0.3) is 5.91 Å². The Balaban J connectivity index is 1.49. The molecule has 128 valence electrons. The molecule has 0 unspecified atom stereocenters. The van der Waals surface area contributed by atoms with E-state index >= 15 is 0 Å². The summed E-state index contributed by atoms with van der Waals surface area (Å²) < 4.78 is 16.0. The maximum atomic E-state index is 14.0. The number of rotatable bonds is 2. The van der Waals surface area contributed by atoms with E-state index in [0.717, 1.165) is 24.3 Å². The van der Waals surface area contributed by atoms with Crippen molar-refractivity contribution in [1.82, 2.24) is 19.5 Å². The molecule has 3 aromatic rings. The van der Waals surface area contributed by atoms with Gasteiger partial charge in [-0.15, -0.1) is 10.2 Å². The van der Waals surface area contributed by atoms with Gasteiger partial charge < -0.3 is 4.90 Å². The molecule has 3 heterocycles. The lowest BCUT2D eigenvalue weighted by Crippen LogP contribution is -2.38. The first kappa shape index (κ1) is 16.0. The maximum Gasteiger partial charge on any atom is 0.256 e. The van der Waals surface area contributed by atoms with Crippen molar-refractivity contribution in [2.24, 2.45) is 0 Å². The lowest BCUT2D eigenvalue weighted by atomic mass is 9.95. The molecule has 5 nitrogen and oxygen atoms in total. The second kappa shape index (κ2) is 6.44. The van der Waals surface area contributed by atoms with Crippen LogP contribution in [0.4, 0.5) is 4.39 Å². The number of hydrogen-bond donors (Lipinski definition) is 0. The molecule has 2 aromatic heterocycles.